The largest absolute Gasteiger partial charge is 0.452 e. The molecule has 1 aliphatic rings. The molecule has 14 heteroatoms. The van der Waals surface area contributed by atoms with Gasteiger partial charge in [0.05, 0.1) is 0 Å². The first-order valence-corrected chi connectivity index (χ1v) is 6.23. The second-order valence-corrected chi connectivity index (χ2v) is 5.83. The van der Waals surface area contributed by atoms with E-state index in [0.29, 0.717) is 0 Å². The Morgan fingerprint density at radius 1 is 0.769 bits per heavy atom. The minimum absolute atomic E-state index is 0.284. The Balaban J connectivity index is 3.55. The van der Waals surface area contributed by atoms with E-state index in [1.54, 1.807) is 0 Å². The van der Waals surface area contributed by atoms with Gasteiger partial charge in [-0.1, -0.05) is 6.58 Å². The summed E-state index contributed by atoms with van der Waals surface area (Å²) in [6.45, 7) is 1.53. The van der Waals surface area contributed by atoms with Crippen molar-refractivity contribution < 1.29 is 62.2 Å². The molecule has 0 aromatic rings. The summed E-state index contributed by atoms with van der Waals surface area (Å²) in [5.74, 6) is -30.4. The second-order valence-electron chi connectivity index (χ2n) is 5.83. The Morgan fingerprint density at radius 3 is 1.35 bits per heavy atom. The summed E-state index contributed by atoms with van der Waals surface area (Å²) in [7, 11) is 0. The number of hydrogen-bond acceptors (Lipinski definition) is 2. The van der Waals surface area contributed by atoms with E-state index in [4.69, 9.17) is 0 Å². The average Bonchev–Trinajstić information content (AvgIpc) is 2.46. The fourth-order valence-corrected chi connectivity index (χ4v) is 2.26. The Morgan fingerprint density at radius 2 is 1.08 bits per heavy atom. The molecule has 0 aromatic carbocycles. The lowest BCUT2D eigenvalue weighted by atomic mass is 9.80. The monoisotopic (exact) mass is 412 g/mol. The van der Waals surface area contributed by atoms with E-state index in [-0.39, 0.29) is 13.8 Å². The molecular weight excluding hydrogens is 404 g/mol. The summed E-state index contributed by atoms with van der Waals surface area (Å²) in [5, 5.41) is 0. The van der Waals surface area contributed by atoms with Crippen LogP contribution in [0.25, 0.3) is 0 Å². The van der Waals surface area contributed by atoms with Crippen LogP contribution in [0.4, 0.5) is 52.7 Å². The number of carbonyl (C=O) groups excluding carboxylic acids is 1. The van der Waals surface area contributed by atoms with Gasteiger partial charge in [-0.25, -0.2) is 9.18 Å². The highest BCUT2D eigenvalue weighted by molar-refractivity contribution is 5.89. The molecule has 1 fully saturated rings. The number of ether oxygens (including phenoxy) is 1. The van der Waals surface area contributed by atoms with Crippen LogP contribution in [0.2, 0.25) is 0 Å². The molecular formula is C12H8F12O2. The first-order chi connectivity index (χ1) is 11.0. The fourth-order valence-electron chi connectivity index (χ4n) is 2.26. The molecule has 0 heterocycles. The van der Waals surface area contributed by atoms with Gasteiger partial charge in [0.25, 0.3) is 5.67 Å². The van der Waals surface area contributed by atoms with Gasteiger partial charge >= 0.3 is 35.8 Å². The van der Waals surface area contributed by atoms with Crippen LogP contribution in [0.1, 0.15) is 13.8 Å². The van der Waals surface area contributed by atoms with Crippen LogP contribution in [-0.2, 0) is 9.53 Å². The SMILES string of the molecule is C=C(C(=O)OC(C)(C)C1(F)C(F)(F)C(F)(F)C(F)(F)C1(F)F)C(F)(F)F. The van der Waals surface area contributed by atoms with Crippen molar-refractivity contribution in [2.45, 2.75) is 55.0 Å². The lowest BCUT2D eigenvalue weighted by Crippen LogP contribution is -2.67. The third-order valence-electron chi connectivity index (χ3n) is 3.81. The molecule has 0 radical (unpaired) electrons. The molecule has 0 saturated heterocycles. The highest BCUT2D eigenvalue weighted by Gasteiger charge is 3.03. The summed E-state index contributed by atoms with van der Waals surface area (Å²) in [6.07, 6.45) is -5.59. The number of rotatable bonds is 3. The van der Waals surface area contributed by atoms with Gasteiger partial charge in [0, 0.05) is 0 Å². The number of halogens is 12. The van der Waals surface area contributed by atoms with Gasteiger partial charge in [-0.05, 0) is 13.8 Å². The van der Waals surface area contributed by atoms with Crippen molar-refractivity contribution in [3.63, 3.8) is 0 Å². The van der Waals surface area contributed by atoms with Crippen molar-refractivity contribution in [2.24, 2.45) is 0 Å². The van der Waals surface area contributed by atoms with Crippen LogP contribution in [-0.4, -0.2) is 47.1 Å². The van der Waals surface area contributed by atoms with Crippen molar-refractivity contribution in [3.8, 4) is 0 Å². The molecule has 0 aromatic heterocycles. The Hall–Kier alpha value is -1.63. The zero-order valence-corrected chi connectivity index (χ0v) is 12.6. The topological polar surface area (TPSA) is 26.3 Å². The molecule has 0 N–H and O–H groups in total. The van der Waals surface area contributed by atoms with Crippen molar-refractivity contribution >= 4 is 5.97 Å². The molecule has 26 heavy (non-hydrogen) atoms. The lowest BCUT2D eigenvalue weighted by Gasteiger charge is -2.42. The van der Waals surface area contributed by atoms with Crippen molar-refractivity contribution in [1.82, 2.24) is 0 Å². The van der Waals surface area contributed by atoms with Crippen LogP contribution in [0.5, 0.6) is 0 Å². The Kier molecular flexibility index (Phi) is 4.49. The maximum Gasteiger partial charge on any atom is 0.422 e. The zero-order valence-electron chi connectivity index (χ0n) is 12.6. The molecule has 1 rings (SSSR count). The predicted octanol–water partition coefficient (Wildman–Crippen LogP) is 4.69. The minimum atomic E-state index is -6.96. The van der Waals surface area contributed by atoms with Gasteiger partial charge in [0.15, 0.2) is 5.60 Å². The van der Waals surface area contributed by atoms with Gasteiger partial charge < -0.3 is 4.74 Å². The Labute approximate surface area is 136 Å². The smallest absolute Gasteiger partial charge is 0.422 e. The lowest BCUT2D eigenvalue weighted by molar-refractivity contribution is -0.303. The minimum Gasteiger partial charge on any atom is -0.452 e. The molecule has 0 bridgehead atoms. The average molecular weight is 412 g/mol. The molecule has 2 nitrogen and oxygen atoms in total. The zero-order chi connectivity index (χ0) is 21.4. The van der Waals surface area contributed by atoms with Crippen LogP contribution in [0.3, 0.4) is 0 Å². The maximum atomic E-state index is 14.5. The summed E-state index contributed by atoms with van der Waals surface area (Å²) >= 11 is 0. The molecule has 0 unspecified atom stereocenters. The molecule has 0 atom stereocenters. The summed E-state index contributed by atoms with van der Waals surface area (Å²) in [4.78, 5) is 11.2. The van der Waals surface area contributed by atoms with Crippen LogP contribution >= 0.6 is 0 Å². The third kappa shape index (κ3) is 2.25. The van der Waals surface area contributed by atoms with Gasteiger partial charge in [-0.2, -0.15) is 48.3 Å². The van der Waals surface area contributed by atoms with Crippen molar-refractivity contribution in [2.75, 3.05) is 0 Å². The van der Waals surface area contributed by atoms with Gasteiger partial charge in [-0.3, -0.25) is 0 Å². The van der Waals surface area contributed by atoms with E-state index in [9.17, 15) is 57.5 Å². The van der Waals surface area contributed by atoms with Crippen LogP contribution < -0.4 is 0 Å². The molecule has 0 spiro atoms. The van der Waals surface area contributed by atoms with Gasteiger partial charge in [0.1, 0.15) is 5.57 Å². The summed E-state index contributed by atoms with van der Waals surface area (Å²) in [6, 6.07) is 0. The molecule has 1 saturated carbocycles. The molecule has 152 valence electrons. The molecule has 0 aliphatic heterocycles. The van der Waals surface area contributed by atoms with E-state index in [2.05, 4.69) is 11.3 Å². The van der Waals surface area contributed by atoms with Crippen molar-refractivity contribution in [3.05, 3.63) is 12.2 Å². The van der Waals surface area contributed by atoms with E-state index in [0.717, 1.165) is 0 Å². The highest BCUT2D eigenvalue weighted by Crippen LogP contribution is 2.72. The molecule has 0 amide bonds. The van der Waals surface area contributed by atoms with E-state index in [1.807, 2.05) is 0 Å². The summed E-state index contributed by atoms with van der Waals surface area (Å²) in [5.41, 5.74) is -13.0. The number of alkyl halides is 12. The standard InChI is InChI=1S/C12H8F12O2/c1-4(7(13,14)15)5(25)26-6(2,3)8(16)9(17,18)11(21,22)12(23,24)10(8,19)20/h1H2,2-3H3. The van der Waals surface area contributed by atoms with Crippen molar-refractivity contribution in [1.29, 1.82) is 0 Å². The summed E-state index contributed by atoms with van der Waals surface area (Å²) < 4.78 is 162. The van der Waals surface area contributed by atoms with Gasteiger partial charge in [0.2, 0.25) is 0 Å². The van der Waals surface area contributed by atoms with E-state index < -0.39 is 52.7 Å². The Bertz CT molecular complexity index is 605. The van der Waals surface area contributed by atoms with Crippen LogP contribution in [0, 0.1) is 0 Å². The quantitative estimate of drug-likeness (QED) is 0.382. The number of esters is 1. The fraction of sp³-hybridized carbons (Fsp3) is 0.750. The van der Waals surface area contributed by atoms with Crippen LogP contribution in [0.15, 0.2) is 12.2 Å². The van der Waals surface area contributed by atoms with E-state index in [1.165, 1.54) is 0 Å². The number of hydrogen-bond donors (Lipinski definition) is 0. The third-order valence-corrected chi connectivity index (χ3v) is 3.81. The number of carbonyl (C=O) groups is 1. The first-order valence-electron chi connectivity index (χ1n) is 6.23. The maximum absolute atomic E-state index is 14.5. The second kappa shape index (κ2) is 5.21. The van der Waals surface area contributed by atoms with E-state index >= 15 is 0 Å². The first kappa shape index (κ1) is 22.4. The molecule has 1 aliphatic carbocycles. The van der Waals surface area contributed by atoms with Gasteiger partial charge in [-0.15, -0.1) is 0 Å². The normalized spacial score (nSPS) is 25.6. The highest BCUT2D eigenvalue weighted by atomic mass is 19.4. The predicted molar refractivity (Wildman–Crippen MR) is 59.0 cm³/mol.